The van der Waals surface area contributed by atoms with Crippen LogP contribution in [0.4, 0.5) is 4.39 Å². The van der Waals surface area contributed by atoms with Crippen LogP contribution in [0.5, 0.6) is 0 Å². The number of carbonyl (C=O) groups excluding carboxylic acids is 1. The number of nitrogens with zero attached hydrogens (tertiary/aromatic N) is 2. The second kappa shape index (κ2) is 8.55. The average Bonchev–Trinajstić information content (AvgIpc) is 3.13. The number of aromatic nitrogens is 1. The highest BCUT2D eigenvalue weighted by molar-refractivity contribution is 6.10. The summed E-state index contributed by atoms with van der Waals surface area (Å²) >= 11 is 0. The van der Waals surface area contributed by atoms with Gasteiger partial charge in [0.1, 0.15) is 5.82 Å². The Labute approximate surface area is 184 Å². The summed E-state index contributed by atoms with van der Waals surface area (Å²) < 4.78 is 20.5. The molecule has 0 N–H and O–H groups in total. The van der Waals surface area contributed by atoms with Crippen LogP contribution in [0, 0.1) is 5.82 Å². The summed E-state index contributed by atoms with van der Waals surface area (Å²) in [6.07, 6.45) is 2.08. The van der Waals surface area contributed by atoms with Gasteiger partial charge in [-0.05, 0) is 54.7 Å². The molecule has 3 aromatic carbocycles. The number of likely N-dealkylation sites (tertiary alicyclic amines) is 1. The lowest BCUT2D eigenvalue weighted by molar-refractivity contribution is 0.103. The summed E-state index contributed by atoms with van der Waals surface area (Å²) in [5.74, 6) is -0.683. The molecule has 6 heteroatoms. The molecule has 1 aliphatic heterocycles. The number of rotatable bonds is 5. The van der Waals surface area contributed by atoms with Crippen molar-refractivity contribution in [3.8, 4) is 0 Å². The van der Waals surface area contributed by atoms with E-state index in [0.717, 1.165) is 25.9 Å². The highest BCUT2D eigenvalue weighted by Crippen LogP contribution is 2.28. The number of benzene rings is 3. The smallest absolute Gasteiger partial charge is 0.408 e. The Hall–Kier alpha value is -3.51. The largest absolute Gasteiger partial charge is 0.421 e. The Bertz CT molecular complexity index is 1320. The highest BCUT2D eigenvalue weighted by atomic mass is 19.1. The van der Waals surface area contributed by atoms with E-state index >= 15 is 0 Å². The van der Waals surface area contributed by atoms with Gasteiger partial charge in [0.25, 0.3) is 0 Å². The van der Waals surface area contributed by atoms with E-state index in [2.05, 4.69) is 29.2 Å². The number of oxazole rings is 1. The zero-order valence-electron chi connectivity index (χ0n) is 17.5. The molecular formula is C26H23FN2O3. The topological polar surface area (TPSA) is 55.5 Å². The average molecular weight is 430 g/mol. The molecule has 2 heterocycles. The first-order valence-electron chi connectivity index (χ1n) is 10.8. The Kier molecular flexibility index (Phi) is 5.45. The molecule has 1 fully saturated rings. The first-order valence-corrected chi connectivity index (χ1v) is 10.8. The second-order valence-electron chi connectivity index (χ2n) is 8.26. The maximum atomic E-state index is 13.5. The molecule has 0 atom stereocenters. The van der Waals surface area contributed by atoms with Gasteiger partial charge in [-0.2, -0.15) is 0 Å². The standard InChI is InChI=1S/C26H23FN2O3/c27-22-8-4-7-20(15-22)25(30)21-9-10-23-24(16-21)32-26(31)29(23)17-28-13-11-19(12-14-28)18-5-2-1-3-6-18/h1-10,15-16,19H,11-14,17H2. The van der Waals surface area contributed by atoms with Crippen LogP contribution in [0.2, 0.25) is 0 Å². The van der Waals surface area contributed by atoms with Gasteiger partial charge >= 0.3 is 5.76 Å². The van der Waals surface area contributed by atoms with Crippen molar-refractivity contribution in [2.75, 3.05) is 13.1 Å². The van der Waals surface area contributed by atoms with Crippen LogP contribution in [0.15, 0.2) is 82.0 Å². The van der Waals surface area contributed by atoms with E-state index in [-0.39, 0.29) is 11.3 Å². The molecule has 0 radical (unpaired) electrons. The van der Waals surface area contributed by atoms with Gasteiger partial charge in [-0.1, -0.05) is 42.5 Å². The SMILES string of the molecule is O=C(c1cccc(F)c1)c1ccc2c(c1)oc(=O)n2CN1CCC(c2ccccc2)CC1. The quantitative estimate of drug-likeness (QED) is 0.427. The van der Waals surface area contributed by atoms with Gasteiger partial charge in [-0.25, -0.2) is 9.18 Å². The van der Waals surface area contributed by atoms with Crippen molar-refractivity contribution in [1.29, 1.82) is 0 Å². The highest BCUT2D eigenvalue weighted by Gasteiger charge is 2.22. The molecule has 0 amide bonds. The third-order valence-electron chi connectivity index (χ3n) is 6.22. The molecule has 1 aromatic heterocycles. The number of fused-ring (bicyclic) bond motifs is 1. The first-order chi connectivity index (χ1) is 15.6. The van der Waals surface area contributed by atoms with E-state index in [1.54, 1.807) is 28.8 Å². The molecule has 5 rings (SSSR count). The Morgan fingerprint density at radius 1 is 0.938 bits per heavy atom. The Balaban J connectivity index is 1.33. The van der Waals surface area contributed by atoms with E-state index in [0.29, 0.717) is 29.2 Å². The predicted molar refractivity (Wildman–Crippen MR) is 120 cm³/mol. The van der Waals surface area contributed by atoms with E-state index in [1.165, 1.54) is 23.8 Å². The molecule has 5 nitrogen and oxygen atoms in total. The molecule has 0 aliphatic carbocycles. The fraction of sp³-hybridized carbons (Fsp3) is 0.231. The van der Waals surface area contributed by atoms with Gasteiger partial charge in [0.15, 0.2) is 11.4 Å². The maximum Gasteiger partial charge on any atom is 0.421 e. The van der Waals surface area contributed by atoms with Gasteiger partial charge in [0.2, 0.25) is 0 Å². The number of hydrogen-bond donors (Lipinski definition) is 0. The molecule has 1 aliphatic rings. The molecule has 1 saturated heterocycles. The summed E-state index contributed by atoms with van der Waals surface area (Å²) in [6.45, 7) is 2.24. The summed E-state index contributed by atoms with van der Waals surface area (Å²) in [5, 5.41) is 0. The normalized spacial score (nSPS) is 15.3. The van der Waals surface area contributed by atoms with Crippen molar-refractivity contribution in [1.82, 2.24) is 9.47 Å². The minimum absolute atomic E-state index is 0.257. The lowest BCUT2D eigenvalue weighted by Crippen LogP contribution is -2.36. The Morgan fingerprint density at radius 2 is 1.69 bits per heavy atom. The van der Waals surface area contributed by atoms with Crippen LogP contribution in [0.3, 0.4) is 0 Å². The van der Waals surface area contributed by atoms with Gasteiger partial charge < -0.3 is 4.42 Å². The molecule has 32 heavy (non-hydrogen) atoms. The minimum atomic E-state index is -0.467. The Morgan fingerprint density at radius 3 is 2.44 bits per heavy atom. The van der Waals surface area contributed by atoms with Crippen LogP contribution >= 0.6 is 0 Å². The van der Waals surface area contributed by atoms with Crippen LogP contribution in [-0.4, -0.2) is 28.3 Å². The van der Waals surface area contributed by atoms with Gasteiger partial charge in [0, 0.05) is 24.2 Å². The van der Waals surface area contributed by atoms with Gasteiger partial charge in [-0.3, -0.25) is 14.3 Å². The van der Waals surface area contributed by atoms with Crippen LogP contribution < -0.4 is 5.76 Å². The van der Waals surface area contributed by atoms with Crippen molar-refractivity contribution in [2.24, 2.45) is 0 Å². The van der Waals surface area contributed by atoms with Crippen molar-refractivity contribution in [3.05, 3.63) is 106 Å². The maximum absolute atomic E-state index is 13.5. The van der Waals surface area contributed by atoms with E-state index in [9.17, 15) is 14.0 Å². The van der Waals surface area contributed by atoms with E-state index < -0.39 is 11.6 Å². The summed E-state index contributed by atoms with van der Waals surface area (Å²) in [5.41, 5.74) is 2.99. The van der Waals surface area contributed by atoms with Crippen molar-refractivity contribution in [2.45, 2.75) is 25.4 Å². The molecule has 4 aromatic rings. The van der Waals surface area contributed by atoms with Crippen LogP contribution in [0.25, 0.3) is 11.1 Å². The summed E-state index contributed by atoms with van der Waals surface area (Å²) in [7, 11) is 0. The number of piperidine rings is 1. The molecule has 162 valence electrons. The van der Waals surface area contributed by atoms with Crippen molar-refractivity contribution >= 4 is 16.9 Å². The van der Waals surface area contributed by atoms with E-state index in [1.807, 2.05) is 6.07 Å². The fourth-order valence-corrected chi connectivity index (χ4v) is 4.47. The summed E-state index contributed by atoms with van der Waals surface area (Å²) in [4.78, 5) is 27.5. The van der Waals surface area contributed by atoms with Crippen LogP contribution in [-0.2, 0) is 6.67 Å². The zero-order chi connectivity index (χ0) is 22.1. The number of halogens is 1. The number of ketones is 1. The number of carbonyl (C=O) groups is 1. The third kappa shape index (κ3) is 4.01. The predicted octanol–water partition coefficient (Wildman–Crippen LogP) is 4.80. The van der Waals surface area contributed by atoms with Gasteiger partial charge in [-0.15, -0.1) is 0 Å². The first kappa shape index (κ1) is 20.4. The molecule has 0 saturated carbocycles. The molecular weight excluding hydrogens is 407 g/mol. The molecule has 0 unspecified atom stereocenters. The lowest BCUT2D eigenvalue weighted by atomic mass is 9.90. The third-order valence-corrected chi connectivity index (χ3v) is 6.22. The van der Waals surface area contributed by atoms with E-state index in [4.69, 9.17) is 4.42 Å². The molecule has 0 spiro atoms. The van der Waals surface area contributed by atoms with Crippen molar-refractivity contribution in [3.63, 3.8) is 0 Å². The fourth-order valence-electron chi connectivity index (χ4n) is 4.47. The van der Waals surface area contributed by atoms with Crippen LogP contribution in [0.1, 0.15) is 40.2 Å². The van der Waals surface area contributed by atoms with Gasteiger partial charge in [0.05, 0.1) is 12.2 Å². The second-order valence-corrected chi connectivity index (χ2v) is 8.26. The number of hydrogen-bond acceptors (Lipinski definition) is 4. The lowest BCUT2D eigenvalue weighted by Gasteiger charge is -2.32. The summed E-state index contributed by atoms with van der Waals surface area (Å²) in [6, 6.07) is 21.0. The molecule has 0 bridgehead atoms. The monoisotopic (exact) mass is 430 g/mol. The van der Waals surface area contributed by atoms with Crippen molar-refractivity contribution < 1.29 is 13.6 Å². The zero-order valence-corrected chi connectivity index (χ0v) is 17.5. The minimum Gasteiger partial charge on any atom is -0.408 e.